The molecule has 1 nitrogen and oxygen atoms in total. The van der Waals surface area contributed by atoms with Gasteiger partial charge in [-0.15, -0.1) is 0 Å². The number of benzene rings is 1. The molecule has 0 N–H and O–H groups in total. The Labute approximate surface area is 100.0 Å². The van der Waals surface area contributed by atoms with Gasteiger partial charge in [-0.3, -0.25) is 0 Å². The zero-order valence-electron chi connectivity index (χ0n) is 9.13. The smallest absolute Gasteiger partial charge is 0.0819 e. The lowest BCUT2D eigenvalue weighted by Crippen LogP contribution is -2.32. The minimum Gasteiger partial charge on any atom is -0.374 e. The van der Waals surface area contributed by atoms with Crippen molar-refractivity contribution in [2.45, 2.75) is 31.8 Å². The standard InChI is InChI=1S/C13H17BrO/c1-11-3-5-12(6-4-11)9-13(10-14)7-2-8-15-13/h3-6H,2,7-10H2,1H3. The van der Waals surface area contributed by atoms with E-state index in [1.807, 2.05) is 0 Å². The number of aryl methyl sites for hydroxylation is 1. The van der Waals surface area contributed by atoms with Crippen molar-refractivity contribution in [2.24, 2.45) is 0 Å². The Morgan fingerprint density at radius 1 is 1.33 bits per heavy atom. The summed E-state index contributed by atoms with van der Waals surface area (Å²) < 4.78 is 5.88. The molecular formula is C13H17BrO. The van der Waals surface area contributed by atoms with Crippen LogP contribution in [0.2, 0.25) is 0 Å². The molecule has 1 fully saturated rings. The molecule has 0 saturated carbocycles. The van der Waals surface area contributed by atoms with Crippen LogP contribution in [-0.4, -0.2) is 17.5 Å². The van der Waals surface area contributed by atoms with Crippen molar-refractivity contribution in [3.05, 3.63) is 35.4 Å². The van der Waals surface area contributed by atoms with Gasteiger partial charge < -0.3 is 4.74 Å². The summed E-state index contributed by atoms with van der Waals surface area (Å²) in [6.07, 6.45) is 3.39. The summed E-state index contributed by atoms with van der Waals surface area (Å²) in [5.74, 6) is 0. The fourth-order valence-electron chi connectivity index (χ4n) is 2.13. The average Bonchev–Trinajstić information content (AvgIpc) is 2.71. The minimum atomic E-state index is 0.0509. The second-order valence-corrected chi connectivity index (χ2v) is 4.99. The van der Waals surface area contributed by atoms with Crippen molar-refractivity contribution < 1.29 is 4.74 Å². The highest BCUT2D eigenvalue weighted by Crippen LogP contribution is 2.31. The highest BCUT2D eigenvalue weighted by molar-refractivity contribution is 9.09. The number of alkyl halides is 1. The van der Waals surface area contributed by atoms with Crippen molar-refractivity contribution in [2.75, 3.05) is 11.9 Å². The first kappa shape index (κ1) is 11.2. The Hall–Kier alpha value is -0.340. The molecule has 1 heterocycles. The number of hydrogen-bond acceptors (Lipinski definition) is 1. The maximum Gasteiger partial charge on any atom is 0.0819 e. The van der Waals surface area contributed by atoms with E-state index < -0.39 is 0 Å². The maximum absolute atomic E-state index is 5.88. The zero-order valence-corrected chi connectivity index (χ0v) is 10.7. The molecule has 1 aliphatic heterocycles. The summed E-state index contributed by atoms with van der Waals surface area (Å²) in [5, 5.41) is 0.938. The van der Waals surface area contributed by atoms with Gasteiger partial charge in [0.2, 0.25) is 0 Å². The van der Waals surface area contributed by atoms with E-state index in [0.717, 1.165) is 18.4 Å². The molecule has 0 amide bonds. The van der Waals surface area contributed by atoms with Crippen molar-refractivity contribution >= 4 is 15.9 Å². The van der Waals surface area contributed by atoms with E-state index in [9.17, 15) is 0 Å². The van der Waals surface area contributed by atoms with Crippen LogP contribution in [0, 0.1) is 6.92 Å². The fourth-order valence-corrected chi connectivity index (χ4v) is 2.77. The highest BCUT2D eigenvalue weighted by Gasteiger charge is 2.33. The Kier molecular flexibility index (Phi) is 3.47. The topological polar surface area (TPSA) is 9.23 Å². The number of hydrogen-bond donors (Lipinski definition) is 0. The molecule has 1 atom stereocenters. The van der Waals surface area contributed by atoms with Gasteiger partial charge in [-0.25, -0.2) is 0 Å². The Balaban J connectivity index is 2.09. The molecule has 1 aromatic rings. The van der Waals surface area contributed by atoms with E-state index in [1.54, 1.807) is 0 Å². The van der Waals surface area contributed by atoms with Gasteiger partial charge in [0.1, 0.15) is 0 Å². The van der Waals surface area contributed by atoms with Gasteiger partial charge in [0.05, 0.1) is 5.60 Å². The summed E-state index contributed by atoms with van der Waals surface area (Å²) in [6, 6.07) is 8.77. The first-order valence-corrected chi connectivity index (χ1v) is 6.62. The van der Waals surface area contributed by atoms with Crippen LogP contribution < -0.4 is 0 Å². The van der Waals surface area contributed by atoms with E-state index in [2.05, 4.69) is 47.1 Å². The molecule has 1 aromatic carbocycles. The third-order valence-corrected chi connectivity index (χ3v) is 4.10. The van der Waals surface area contributed by atoms with Gasteiger partial charge in [0, 0.05) is 18.4 Å². The second-order valence-electron chi connectivity index (χ2n) is 4.43. The highest BCUT2D eigenvalue weighted by atomic mass is 79.9. The molecule has 2 rings (SSSR count). The summed E-state index contributed by atoms with van der Waals surface area (Å²) in [7, 11) is 0. The van der Waals surface area contributed by atoms with Gasteiger partial charge in [0.25, 0.3) is 0 Å². The molecular weight excluding hydrogens is 252 g/mol. The lowest BCUT2D eigenvalue weighted by Gasteiger charge is -2.26. The van der Waals surface area contributed by atoms with Crippen molar-refractivity contribution in [3.8, 4) is 0 Å². The third kappa shape index (κ3) is 2.61. The van der Waals surface area contributed by atoms with Crippen LogP contribution in [0.3, 0.4) is 0 Å². The van der Waals surface area contributed by atoms with Gasteiger partial charge in [-0.05, 0) is 25.3 Å². The monoisotopic (exact) mass is 268 g/mol. The van der Waals surface area contributed by atoms with Gasteiger partial charge in [-0.1, -0.05) is 45.8 Å². The van der Waals surface area contributed by atoms with Crippen LogP contribution in [0.15, 0.2) is 24.3 Å². The lowest BCUT2D eigenvalue weighted by atomic mass is 9.93. The molecule has 1 unspecified atom stereocenters. The van der Waals surface area contributed by atoms with Crippen molar-refractivity contribution in [3.63, 3.8) is 0 Å². The molecule has 0 aliphatic carbocycles. The predicted octanol–water partition coefficient (Wildman–Crippen LogP) is 3.48. The fraction of sp³-hybridized carbons (Fsp3) is 0.538. The van der Waals surface area contributed by atoms with Crippen molar-refractivity contribution in [1.82, 2.24) is 0 Å². The largest absolute Gasteiger partial charge is 0.374 e. The van der Waals surface area contributed by atoms with Crippen LogP contribution in [0.1, 0.15) is 24.0 Å². The lowest BCUT2D eigenvalue weighted by molar-refractivity contribution is 0.0259. The van der Waals surface area contributed by atoms with Gasteiger partial charge in [0.15, 0.2) is 0 Å². The zero-order chi connectivity index (χ0) is 10.7. The van der Waals surface area contributed by atoms with E-state index in [4.69, 9.17) is 4.74 Å². The molecule has 2 heteroatoms. The SMILES string of the molecule is Cc1ccc(CC2(CBr)CCCO2)cc1. The predicted molar refractivity (Wildman–Crippen MR) is 66.6 cm³/mol. The molecule has 1 saturated heterocycles. The number of ether oxygens (including phenoxy) is 1. The Morgan fingerprint density at radius 2 is 2.07 bits per heavy atom. The van der Waals surface area contributed by atoms with E-state index >= 15 is 0 Å². The normalized spacial score (nSPS) is 25.7. The molecule has 0 bridgehead atoms. The van der Waals surface area contributed by atoms with E-state index in [-0.39, 0.29) is 5.60 Å². The summed E-state index contributed by atoms with van der Waals surface area (Å²) in [4.78, 5) is 0. The molecule has 0 radical (unpaired) electrons. The quantitative estimate of drug-likeness (QED) is 0.763. The first-order valence-electron chi connectivity index (χ1n) is 5.50. The molecule has 0 spiro atoms. The van der Waals surface area contributed by atoms with Crippen LogP contribution in [0.4, 0.5) is 0 Å². The van der Waals surface area contributed by atoms with Crippen LogP contribution in [0.25, 0.3) is 0 Å². The number of halogens is 1. The molecule has 1 aliphatic rings. The molecule has 82 valence electrons. The van der Waals surface area contributed by atoms with Crippen LogP contribution in [-0.2, 0) is 11.2 Å². The Bertz CT molecular complexity index is 312. The summed E-state index contributed by atoms with van der Waals surface area (Å²) in [6.45, 7) is 3.04. The summed E-state index contributed by atoms with van der Waals surface area (Å²) >= 11 is 3.58. The average molecular weight is 269 g/mol. The molecule has 15 heavy (non-hydrogen) atoms. The third-order valence-electron chi connectivity index (χ3n) is 3.08. The minimum absolute atomic E-state index is 0.0509. The molecule has 0 aromatic heterocycles. The van der Waals surface area contributed by atoms with Gasteiger partial charge in [-0.2, -0.15) is 0 Å². The maximum atomic E-state index is 5.88. The van der Waals surface area contributed by atoms with Crippen LogP contribution >= 0.6 is 15.9 Å². The first-order chi connectivity index (χ1) is 7.24. The summed E-state index contributed by atoms with van der Waals surface area (Å²) in [5.41, 5.74) is 2.75. The van der Waals surface area contributed by atoms with Crippen molar-refractivity contribution in [1.29, 1.82) is 0 Å². The number of rotatable bonds is 3. The Morgan fingerprint density at radius 3 is 2.60 bits per heavy atom. The second kappa shape index (κ2) is 4.67. The van der Waals surface area contributed by atoms with E-state index in [1.165, 1.54) is 24.0 Å². The van der Waals surface area contributed by atoms with Gasteiger partial charge >= 0.3 is 0 Å². The van der Waals surface area contributed by atoms with E-state index in [0.29, 0.717) is 0 Å². The van der Waals surface area contributed by atoms with Crippen LogP contribution in [0.5, 0.6) is 0 Å².